The maximum atomic E-state index is 14.1. The molecule has 86 valence electrons. The Hall–Kier alpha value is -0.150. The summed E-state index contributed by atoms with van der Waals surface area (Å²) in [5.74, 6) is 0.863. The molecule has 3 rings (SSSR count). The van der Waals surface area contributed by atoms with Gasteiger partial charge >= 0.3 is 0 Å². The van der Waals surface area contributed by atoms with Crippen LogP contribution in [0.2, 0.25) is 0 Å². The molecule has 0 radical (unpaired) electrons. The van der Waals surface area contributed by atoms with Crippen LogP contribution in [0, 0.1) is 11.8 Å². The molecule has 3 aliphatic heterocycles. The average molecular weight is 212 g/mol. The maximum Gasteiger partial charge on any atom is 0.106 e. The molecule has 15 heavy (non-hydrogen) atoms. The second-order valence-corrected chi connectivity index (χ2v) is 5.48. The average Bonchev–Trinajstić information content (AvgIpc) is 2.62. The molecule has 0 aromatic heterocycles. The highest BCUT2D eigenvalue weighted by Crippen LogP contribution is 2.39. The number of halogens is 1. The molecule has 0 aliphatic carbocycles. The summed E-state index contributed by atoms with van der Waals surface area (Å²) < 4.78 is 14.1. The minimum Gasteiger partial charge on any atom is -0.316 e. The first-order valence-corrected chi connectivity index (χ1v) is 6.45. The summed E-state index contributed by atoms with van der Waals surface area (Å²) in [5.41, 5.74) is 0. The van der Waals surface area contributed by atoms with Crippen molar-refractivity contribution in [3.8, 4) is 0 Å². The van der Waals surface area contributed by atoms with Gasteiger partial charge in [-0.1, -0.05) is 0 Å². The predicted molar refractivity (Wildman–Crippen MR) is 58.5 cm³/mol. The Balaban J connectivity index is 1.71. The standard InChI is InChI=1S/C12H21FN2/c13-10-6-9-3-4-11(15-9)12(10)8-2-1-5-14-7-8/h8-12,14-15H,1-7H2. The van der Waals surface area contributed by atoms with Crippen LogP contribution < -0.4 is 10.6 Å². The molecule has 0 spiro atoms. The van der Waals surface area contributed by atoms with Gasteiger partial charge in [-0.3, -0.25) is 0 Å². The van der Waals surface area contributed by atoms with E-state index in [-0.39, 0.29) is 5.92 Å². The van der Waals surface area contributed by atoms with Gasteiger partial charge in [0.15, 0.2) is 0 Å². The molecule has 3 saturated heterocycles. The zero-order valence-electron chi connectivity index (χ0n) is 9.21. The number of piperidine rings is 2. The Morgan fingerprint density at radius 3 is 2.87 bits per heavy atom. The van der Waals surface area contributed by atoms with E-state index in [2.05, 4.69) is 10.6 Å². The minimum atomic E-state index is -0.548. The van der Waals surface area contributed by atoms with Gasteiger partial charge in [-0.15, -0.1) is 0 Å². The molecular formula is C12H21FN2. The summed E-state index contributed by atoms with van der Waals surface area (Å²) in [6.45, 7) is 2.16. The number of hydrogen-bond donors (Lipinski definition) is 2. The third-order valence-electron chi connectivity index (χ3n) is 4.55. The lowest BCUT2D eigenvalue weighted by atomic mass is 9.76. The highest BCUT2D eigenvalue weighted by Gasteiger charge is 2.45. The number of fused-ring (bicyclic) bond motifs is 2. The highest BCUT2D eigenvalue weighted by molar-refractivity contribution is 5.00. The molecule has 0 aromatic carbocycles. The van der Waals surface area contributed by atoms with Gasteiger partial charge in [0.1, 0.15) is 6.17 Å². The first-order valence-electron chi connectivity index (χ1n) is 6.45. The second kappa shape index (κ2) is 4.02. The molecule has 3 heterocycles. The van der Waals surface area contributed by atoms with E-state index in [4.69, 9.17) is 0 Å². The topological polar surface area (TPSA) is 24.1 Å². The molecule has 5 atom stereocenters. The van der Waals surface area contributed by atoms with Gasteiger partial charge in [0.05, 0.1) is 0 Å². The normalized spacial score (nSPS) is 50.6. The van der Waals surface area contributed by atoms with E-state index in [9.17, 15) is 4.39 Å². The van der Waals surface area contributed by atoms with Crippen LogP contribution in [0.5, 0.6) is 0 Å². The Kier molecular flexibility index (Phi) is 2.69. The highest BCUT2D eigenvalue weighted by atomic mass is 19.1. The smallest absolute Gasteiger partial charge is 0.106 e. The van der Waals surface area contributed by atoms with Gasteiger partial charge in [-0.25, -0.2) is 4.39 Å². The van der Waals surface area contributed by atoms with Crippen molar-refractivity contribution in [2.45, 2.75) is 50.4 Å². The van der Waals surface area contributed by atoms with Gasteiger partial charge < -0.3 is 10.6 Å². The summed E-state index contributed by atoms with van der Waals surface area (Å²) in [4.78, 5) is 0. The summed E-state index contributed by atoms with van der Waals surface area (Å²) >= 11 is 0. The summed E-state index contributed by atoms with van der Waals surface area (Å²) in [7, 11) is 0. The molecule has 3 aliphatic rings. The van der Waals surface area contributed by atoms with E-state index in [1.165, 1.54) is 25.7 Å². The van der Waals surface area contributed by atoms with Crippen LogP contribution in [0.1, 0.15) is 32.1 Å². The number of nitrogens with one attached hydrogen (secondary N) is 2. The Morgan fingerprint density at radius 1 is 1.13 bits per heavy atom. The predicted octanol–water partition coefficient (Wildman–Crippen LogP) is 1.46. The Labute approximate surface area is 91.0 Å². The van der Waals surface area contributed by atoms with Crippen molar-refractivity contribution in [1.82, 2.24) is 10.6 Å². The SMILES string of the molecule is FC1CC2CCC(N2)C1C1CCCNC1. The molecule has 2 nitrogen and oxygen atoms in total. The van der Waals surface area contributed by atoms with E-state index in [0.29, 0.717) is 18.0 Å². The largest absolute Gasteiger partial charge is 0.316 e. The summed E-state index contributed by atoms with van der Waals surface area (Å²) in [6.07, 6.45) is 5.06. The van der Waals surface area contributed by atoms with Crippen molar-refractivity contribution in [3.05, 3.63) is 0 Å². The van der Waals surface area contributed by atoms with Gasteiger partial charge in [0, 0.05) is 18.0 Å². The molecular weight excluding hydrogens is 191 g/mol. The van der Waals surface area contributed by atoms with Crippen LogP contribution in [0.15, 0.2) is 0 Å². The minimum absolute atomic E-state index is 0.288. The van der Waals surface area contributed by atoms with Crippen molar-refractivity contribution in [3.63, 3.8) is 0 Å². The first-order chi connectivity index (χ1) is 7.34. The molecule has 2 N–H and O–H groups in total. The fourth-order valence-corrected chi connectivity index (χ4v) is 3.85. The Morgan fingerprint density at radius 2 is 2.07 bits per heavy atom. The lowest BCUT2D eigenvalue weighted by Crippen LogP contribution is -2.52. The monoisotopic (exact) mass is 212 g/mol. The van der Waals surface area contributed by atoms with E-state index >= 15 is 0 Å². The summed E-state index contributed by atoms with van der Waals surface area (Å²) in [6, 6.07) is 0.960. The summed E-state index contributed by atoms with van der Waals surface area (Å²) in [5, 5.41) is 7.02. The van der Waals surface area contributed by atoms with E-state index < -0.39 is 6.17 Å². The molecule has 3 fully saturated rings. The first kappa shape index (κ1) is 10.0. The van der Waals surface area contributed by atoms with Gasteiger partial charge in [0.2, 0.25) is 0 Å². The van der Waals surface area contributed by atoms with Gasteiger partial charge in [-0.05, 0) is 51.1 Å². The fraction of sp³-hybridized carbons (Fsp3) is 1.00. The number of hydrogen-bond acceptors (Lipinski definition) is 2. The van der Waals surface area contributed by atoms with Crippen LogP contribution in [0.3, 0.4) is 0 Å². The third-order valence-corrected chi connectivity index (χ3v) is 4.55. The van der Waals surface area contributed by atoms with Crippen molar-refractivity contribution < 1.29 is 4.39 Å². The van der Waals surface area contributed by atoms with Crippen molar-refractivity contribution >= 4 is 0 Å². The zero-order valence-corrected chi connectivity index (χ0v) is 9.21. The molecule has 3 heteroatoms. The second-order valence-electron chi connectivity index (χ2n) is 5.48. The lowest BCUT2D eigenvalue weighted by molar-refractivity contribution is 0.0754. The lowest BCUT2D eigenvalue weighted by Gasteiger charge is -2.40. The molecule has 2 bridgehead atoms. The van der Waals surface area contributed by atoms with Crippen LogP contribution in [0.25, 0.3) is 0 Å². The van der Waals surface area contributed by atoms with Crippen LogP contribution in [-0.4, -0.2) is 31.3 Å². The quantitative estimate of drug-likeness (QED) is 0.687. The third kappa shape index (κ3) is 1.80. The Bertz CT molecular complexity index is 228. The number of alkyl halides is 1. The van der Waals surface area contributed by atoms with Gasteiger partial charge in [-0.2, -0.15) is 0 Å². The fourth-order valence-electron chi connectivity index (χ4n) is 3.85. The molecule has 0 saturated carbocycles. The molecule has 0 aromatic rings. The van der Waals surface area contributed by atoms with Crippen LogP contribution in [0.4, 0.5) is 4.39 Å². The molecule has 0 amide bonds. The maximum absolute atomic E-state index is 14.1. The van der Waals surface area contributed by atoms with Crippen molar-refractivity contribution in [1.29, 1.82) is 0 Å². The zero-order chi connectivity index (χ0) is 10.3. The molecule has 5 unspecified atom stereocenters. The van der Waals surface area contributed by atoms with E-state index in [1.54, 1.807) is 0 Å². The number of rotatable bonds is 1. The van der Waals surface area contributed by atoms with Crippen molar-refractivity contribution in [2.24, 2.45) is 11.8 Å². The van der Waals surface area contributed by atoms with Gasteiger partial charge in [0.25, 0.3) is 0 Å². The van der Waals surface area contributed by atoms with E-state index in [1.807, 2.05) is 0 Å². The van der Waals surface area contributed by atoms with E-state index in [0.717, 1.165) is 19.5 Å². The van der Waals surface area contributed by atoms with Crippen LogP contribution in [-0.2, 0) is 0 Å². The van der Waals surface area contributed by atoms with Crippen LogP contribution >= 0.6 is 0 Å². The van der Waals surface area contributed by atoms with Crippen molar-refractivity contribution in [2.75, 3.05) is 13.1 Å².